The molecule has 1 aromatic heterocycles. The summed E-state index contributed by atoms with van der Waals surface area (Å²) < 4.78 is 1.84. The molecule has 0 unspecified atom stereocenters. The summed E-state index contributed by atoms with van der Waals surface area (Å²) in [5.74, 6) is -0.178. The Morgan fingerprint density at radius 3 is 2.59 bits per heavy atom. The van der Waals surface area contributed by atoms with Crippen molar-refractivity contribution in [3.8, 4) is 0 Å². The van der Waals surface area contributed by atoms with Gasteiger partial charge in [0.25, 0.3) is 5.91 Å². The molecule has 1 amide bonds. The molecule has 0 fully saturated rings. The molecule has 2 aromatic rings. The van der Waals surface area contributed by atoms with Crippen LogP contribution in [0.5, 0.6) is 0 Å². The van der Waals surface area contributed by atoms with Gasteiger partial charge in [0.1, 0.15) is 5.69 Å². The van der Waals surface area contributed by atoms with E-state index in [2.05, 4.69) is 0 Å². The van der Waals surface area contributed by atoms with Crippen molar-refractivity contribution in [1.29, 1.82) is 0 Å². The third kappa shape index (κ3) is 1.80. The summed E-state index contributed by atoms with van der Waals surface area (Å²) in [5.41, 5.74) is 7.98. The molecular formula is C13H15ClN2O. The van der Waals surface area contributed by atoms with Crippen LogP contribution in [0, 0.1) is 0 Å². The van der Waals surface area contributed by atoms with Crippen LogP contribution in [0.25, 0.3) is 10.9 Å². The highest BCUT2D eigenvalue weighted by Crippen LogP contribution is 2.32. The van der Waals surface area contributed by atoms with Gasteiger partial charge in [0.2, 0.25) is 0 Å². The van der Waals surface area contributed by atoms with Crippen LogP contribution >= 0.6 is 11.6 Å². The number of amides is 1. The van der Waals surface area contributed by atoms with E-state index in [0.717, 1.165) is 16.5 Å². The maximum Gasteiger partial charge on any atom is 0.265 e. The third-order valence-electron chi connectivity index (χ3n) is 3.01. The van der Waals surface area contributed by atoms with E-state index in [1.165, 1.54) is 0 Å². The quantitative estimate of drug-likeness (QED) is 0.875. The molecule has 17 heavy (non-hydrogen) atoms. The van der Waals surface area contributed by atoms with Crippen molar-refractivity contribution in [2.45, 2.75) is 19.8 Å². The molecule has 90 valence electrons. The number of nitrogens with two attached hydrogens (primary N) is 1. The maximum atomic E-state index is 11.6. The molecule has 1 heterocycles. The fraction of sp³-hybridized carbons (Fsp3) is 0.308. The normalized spacial score (nSPS) is 11.4. The van der Waals surface area contributed by atoms with Crippen molar-refractivity contribution >= 4 is 28.4 Å². The number of hydrogen-bond acceptors (Lipinski definition) is 1. The van der Waals surface area contributed by atoms with Crippen LogP contribution in [0.1, 0.15) is 35.8 Å². The molecule has 0 aliphatic rings. The Balaban J connectivity index is 2.93. The number of carbonyl (C=O) groups is 1. The molecule has 0 spiro atoms. The smallest absolute Gasteiger partial charge is 0.265 e. The Labute approximate surface area is 105 Å². The second kappa shape index (κ2) is 4.08. The summed E-state index contributed by atoms with van der Waals surface area (Å²) in [6.07, 6.45) is 0. The van der Waals surface area contributed by atoms with E-state index in [4.69, 9.17) is 17.3 Å². The first-order valence-electron chi connectivity index (χ1n) is 5.51. The summed E-state index contributed by atoms with van der Waals surface area (Å²) in [6.45, 7) is 4.09. The predicted octanol–water partition coefficient (Wildman–Crippen LogP) is 3.05. The molecule has 0 saturated carbocycles. The van der Waals surface area contributed by atoms with Crippen LogP contribution in [0.2, 0.25) is 5.02 Å². The van der Waals surface area contributed by atoms with Crippen molar-refractivity contribution in [2.75, 3.05) is 0 Å². The van der Waals surface area contributed by atoms with Crippen LogP contribution in [0.4, 0.5) is 0 Å². The molecule has 0 bridgehead atoms. The summed E-state index contributed by atoms with van der Waals surface area (Å²) in [5, 5.41) is 1.67. The largest absolute Gasteiger partial charge is 0.364 e. The number of aryl methyl sites for hydroxylation is 1. The molecule has 0 radical (unpaired) electrons. The molecule has 0 saturated heterocycles. The van der Waals surface area contributed by atoms with E-state index in [1.54, 1.807) is 0 Å². The number of primary amides is 1. The minimum absolute atomic E-state index is 0.222. The van der Waals surface area contributed by atoms with Gasteiger partial charge in [-0.05, 0) is 29.7 Å². The number of fused-ring (bicyclic) bond motifs is 1. The molecule has 0 aliphatic carbocycles. The van der Waals surface area contributed by atoms with E-state index in [-0.39, 0.29) is 5.92 Å². The van der Waals surface area contributed by atoms with Gasteiger partial charge in [-0.15, -0.1) is 0 Å². The highest BCUT2D eigenvalue weighted by molar-refractivity contribution is 6.31. The number of halogens is 1. The van der Waals surface area contributed by atoms with E-state index in [9.17, 15) is 4.79 Å². The van der Waals surface area contributed by atoms with Crippen LogP contribution in [0.3, 0.4) is 0 Å². The minimum Gasteiger partial charge on any atom is -0.364 e. The molecule has 4 heteroatoms. The first kappa shape index (κ1) is 12.0. The number of hydrogen-bond donors (Lipinski definition) is 1. The van der Waals surface area contributed by atoms with Gasteiger partial charge >= 0.3 is 0 Å². The van der Waals surface area contributed by atoms with Crippen molar-refractivity contribution in [3.05, 3.63) is 34.5 Å². The van der Waals surface area contributed by atoms with E-state index in [0.29, 0.717) is 10.7 Å². The lowest BCUT2D eigenvalue weighted by Crippen LogP contribution is -2.17. The zero-order valence-electron chi connectivity index (χ0n) is 10.1. The first-order valence-corrected chi connectivity index (χ1v) is 5.89. The number of benzene rings is 1. The van der Waals surface area contributed by atoms with Gasteiger partial charge < -0.3 is 10.3 Å². The second-order valence-electron chi connectivity index (χ2n) is 4.50. The lowest BCUT2D eigenvalue weighted by Gasteiger charge is -2.06. The van der Waals surface area contributed by atoms with Crippen LogP contribution in [-0.4, -0.2) is 10.5 Å². The Morgan fingerprint density at radius 1 is 1.41 bits per heavy atom. The molecular weight excluding hydrogens is 236 g/mol. The average molecular weight is 251 g/mol. The summed E-state index contributed by atoms with van der Waals surface area (Å²) in [7, 11) is 1.85. The lowest BCUT2D eigenvalue weighted by atomic mass is 9.99. The Kier molecular flexibility index (Phi) is 2.87. The van der Waals surface area contributed by atoms with Gasteiger partial charge in [-0.1, -0.05) is 25.4 Å². The monoisotopic (exact) mass is 250 g/mol. The average Bonchev–Trinajstić information content (AvgIpc) is 2.51. The zero-order chi connectivity index (χ0) is 12.7. The van der Waals surface area contributed by atoms with Crippen LogP contribution in [0.15, 0.2) is 18.2 Å². The third-order valence-corrected chi connectivity index (χ3v) is 3.25. The number of aromatic nitrogens is 1. The predicted molar refractivity (Wildman–Crippen MR) is 70.5 cm³/mol. The van der Waals surface area contributed by atoms with Gasteiger partial charge in [-0.25, -0.2) is 0 Å². The van der Waals surface area contributed by atoms with Gasteiger partial charge in [0.05, 0.1) is 0 Å². The van der Waals surface area contributed by atoms with E-state index >= 15 is 0 Å². The number of nitrogens with zero attached hydrogens (tertiary/aromatic N) is 1. The molecule has 0 atom stereocenters. The second-order valence-corrected chi connectivity index (χ2v) is 4.94. The Morgan fingerprint density at radius 2 is 2.06 bits per heavy atom. The minimum atomic E-state index is -0.400. The number of rotatable bonds is 2. The number of carbonyl (C=O) groups excluding carboxylic acids is 1. The topological polar surface area (TPSA) is 48.0 Å². The molecule has 1 aromatic carbocycles. The fourth-order valence-electron chi connectivity index (χ4n) is 2.33. The van der Waals surface area contributed by atoms with Crippen LogP contribution < -0.4 is 5.73 Å². The first-order chi connectivity index (χ1) is 7.93. The van der Waals surface area contributed by atoms with Gasteiger partial charge in [0, 0.05) is 23.0 Å². The fourth-order valence-corrected chi connectivity index (χ4v) is 2.50. The summed E-state index contributed by atoms with van der Waals surface area (Å²) >= 11 is 6.01. The maximum absolute atomic E-state index is 11.6. The standard InChI is InChI=1S/C13H15ClN2O/c1-7(2)11-9-6-8(14)4-5-10(9)16(3)12(11)13(15)17/h4-7H,1-3H3,(H2,15,17). The highest BCUT2D eigenvalue weighted by atomic mass is 35.5. The van der Waals surface area contributed by atoms with Crippen molar-refractivity contribution in [2.24, 2.45) is 12.8 Å². The summed E-state index contributed by atoms with van der Waals surface area (Å²) in [4.78, 5) is 11.6. The van der Waals surface area contributed by atoms with E-state index in [1.807, 2.05) is 43.7 Å². The molecule has 0 aliphatic heterocycles. The highest BCUT2D eigenvalue weighted by Gasteiger charge is 2.21. The summed E-state index contributed by atoms with van der Waals surface area (Å²) in [6, 6.07) is 5.62. The SMILES string of the molecule is CC(C)c1c(C(N)=O)n(C)c2ccc(Cl)cc12. The van der Waals surface area contributed by atoms with Crippen molar-refractivity contribution in [3.63, 3.8) is 0 Å². The van der Waals surface area contributed by atoms with Gasteiger partial charge in [-0.2, -0.15) is 0 Å². The van der Waals surface area contributed by atoms with Crippen molar-refractivity contribution < 1.29 is 4.79 Å². The van der Waals surface area contributed by atoms with Crippen LogP contribution in [-0.2, 0) is 7.05 Å². The van der Waals surface area contributed by atoms with Gasteiger partial charge in [0.15, 0.2) is 0 Å². The Bertz CT molecular complexity index is 599. The molecule has 3 nitrogen and oxygen atoms in total. The van der Waals surface area contributed by atoms with Gasteiger partial charge in [-0.3, -0.25) is 4.79 Å². The van der Waals surface area contributed by atoms with Crippen molar-refractivity contribution in [1.82, 2.24) is 4.57 Å². The van der Waals surface area contributed by atoms with E-state index < -0.39 is 5.91 Å². The Hall–Kier alpha value is -1.48. The molecule has 2 N–H and O–H groups in total. The zero-order valence-corrected chi connectivity index (χ0v) is 10.9. The molecule has 2 rings (SSSR count). The lowest BCUT2D eigenvalue weighted by molar-refractivity contribution is 0.0991.